The fourth-order valence-corrected chi connectivity index (χ4v) is 2.90. The second kappa shape index (κ2) is 8.46. The maximum atomic E-state index is 5.79. The normalized spacial score (nSPS) is 16.6. The molecule has 24 heavy (non-hydrogen) atoms. The Morgan fingerprint density at radius 2 is 1.79 bits per heavy atom. The summed E-state index contributed by atoms with van der Waals surface area (Å²) in [6.07, 6.45) is 2.50. The summed E-state index contributed by atoms with van der Waals surface area (Å²) in [6, 6.07) is 15.4. The number of hydrogen-bond donors (Lipinski definition) is 2. The quantitative estimate of drug-likeness (QED) is 0.703. The molecule has 1 heterocycles. The van der Waals surface area contributed by atoms with Crippen LogP contribution in [0.2, 0.25) is 0 Å². The van der Waals surface area contributed by atoms with Crippen LogP contribution in [0.3, 0.4) is 0 Å². The topological polar surface area (TPSA) is 42.5 Å². The highest BCUT2D eigenvalue weighted by molar-refractivity contribution is 9.10. The van der Waals surface area contributed by atoms with Gasteiger partial charge in [-0.2, -0.15) is 0 Å². The summed E-state index contributed by atoms with van der Waals surface area (Å²) >= 11 is 8.71. The highest BCUT2D eigenvalue weighted by atomic mass is 79.9. The van der Waals surface area contributed by atoms with Gasteiger partial charge in [0.05, 0.1) is 6.10 Å². The number of ether oxygens (including phenoxy) is 2. The lowest BCUT2D eigenvalue weighted by Crippen LogP contribution is -2.34. The first-order valence-corrected chi connectivity index (χ1v) is 9.09. The monoisotopic (exact) mass is 406 g/mol. The molecule has 126 valence electrons. The lowest BCUT2D eigenvalue weighted by molar-refractivity contribution is 0.114. The van der Waals surface area contributed by atoms with Crippen LogP contribution in [0.4, 0.5) is 5.69 Å². The van der Waals surface area contributed by atoms with E-state index < -0.39 is 0 Å². The van der Waals surface area contributed by atoms with Crippen LogP contribution < -0.4 is 15.4 Å². The summed E-state index contributed by atoms with van der Waals surface area (Å²) in [6.45, 7) is 1.60. The summed E-state index contributed by atoms with van der Waals surface area (Å²) in [5.41, 5.74) is 0.919. The van der Waals surface area contributed by atoms with Crippen LogP contribution in [0.25, 0.3) is 0 Å². The zero-order valence-corrected chi connectivity index (χ0v) is 15.5. The molecular formula is C18H19BrN2O2S. The van der Waals surface area contributed by atoms with E-state index in [2.05, 4.69) is 26.6 Å². The standard InChI is InChI=1S/C18H19BrN2O2S/c19-13-3-7-15(8-4-13)23-16-9-5-14(6-10-16)21-18(24)20-12-17-2-1-11-22-17/h3-10,17H,1-2,11-12H2,(H2,20,21,24)/t17-/m1/s1. The Balaban J connectivity index is 1.48. The maximum absolute atomic E-state index is 5.79. The molecule has 0 radical (unpaired) electrons. The van der Waals surface area contributed by atoms with E-state index >= 15 is 0 Å². The largest absolute Gasteiger partial charge is 0.457 e. The predicted molar refractivity (Wildman–Crippen MR) is 104 cm³/mol. The van der Waals surface area contributed by atoms with Crippen molar-refractivity contribution in [3.05, 3.63) is 53.0 Å². The van der Waals surface area contributed by atoms with Gasteiger partial charge in [0.15, 0.2) is 5.11 Å². The summed E-state index contributed by atoms with van der Waals surface area (Å²) < 4.78 is 12.4. The number of nitrogens with one attached hydrogen (secondary N) is 2. The molecule has 6 heteroatoms. The molecule has 0 spiro atoms. The minimum absolute atomic E-state index is 0.270. The molecule has 0 amide bonds. The van der Waals surface area contributed by atoms with Crippen molar-refractivity contribution in [1.82, 2.24) is 5.32 Å². The first-order chi connectivity index (χ1) is 11.7. The Bertz CT molecular complexity index is 670. The van der Waals surface area contributed by atoms with Gasteiger partial charge >= 0.3 is 0 Å². The van der Waals surface area contributed by atoms with Crippen molar-refractivity contribution in [1.29, 1.82) is 0 Å². The van der Waals surface area contributed by atoms with E-state index in [4.69, 9.17) is 21.7 Å². The highest BCUT2D eigenvalue weighted by Gasteiger charge is 2.15. The Labute approximate surface area is 155 Å². The van der Waals surface area contributed by atoms with Gasteiger partial charge in [0.1, 0.15) is 11.5 Å². The second-order valence-corrected chi connectivity index (χ2v) is 6.87. The average Bonchev–Trinajstić information content (AvgIpc) is 3.10. The second-order valence-electron chi connectivity index (χ2n) is 5.55. The molecule has 0 aliphatic carbocycles. The smallest absolute Gasteiger partial charge is 0.170 e. The van der Waals surface area contributed by atoms with Crippen LogP contribution in [0.1, 0.15) is 12.8 Å². The van der Waals surface area contributed by atoms with E-state index in [0.29, 0.717) is 5.11 Å². The molecule has 4 nitrogen and oxygen atoms in total. The van der Waals surface area contributed by atoms with Crippen molar-refractivity contribution in [2.24, 2.45) is 0 Å². The summed E-state index contributed by atoms with van der Waals surface area (Å²) in [5.74, 6) is 1.58. The lowest BCUT2D eigenvalue weighted by Gasteiger charge is -2.14. The van der Waals surface area contributed by atoms with Gasteiger partial charge in [0.25, 0.3) is 0 Å². The molecule has 2 N–H and O–H groups in total. The van der Waals surface area contributed by atoms with Gasteiger partial charge in [0.2, 0.25) is 0 Å². The zero-order valence-electron chi connectivity index (χ0n) is 13.1. The minimum atomic E-state index is 0.270. The van der Waals surface area contributed by atoms with Gasteiger partial charge in [-0.05, 0) is 73.6 Å². The molecule has 1 aliphatic heterocycles. The molecule has 1 aliphatic rings. The Morgan fingerprint density at radius 3 is 2.42 bits per heavy atom. The summed E-state index contributed by atoms with van der Waals surface area (Å²) in [5, 5.41) is 6.96. The third kappa shape index (κ3) is 5.19. The maximum Gasteiger partial charge on any atom is 0.170 e. The van der Waals surface area contributed by atoms with Crippen molar-refractivity contribution in [3.8, 4) is 11.5 Å². The first-order valence-electron chi connectivity index (χ1n) is 7.89. The number of anilines is 1. The molecule has 0 saturated carbocycles. The molecule has 2 aromatic rings. The fourth-order valence-electron chi connectivity index (χ4n) is 2.43. The molecule has 0 aromatic heterocycles. The third-order valence-electron chi connectivity index (χ3n) is 3.68. The van der Waals surface area contributed by atoms with Crippen molar-refractivity contribution >= 4 is 38.9 Å². The van der Waals surface area contributed by atoms with Gasteiger partial charge in [-0.15, -0.1) is 0 Å². The first kappa shape index (κ1) is 17.2. The fraction of sp³-hybridized carbons (Fsp3) is 0.278. The summed E-state index contributed by atoms with van der Waals surface area (Å²) in [7, 11) is 0. The van der Waals surface area contributed by atoms with Crippen LogP contribution in [-0.2, 0) is 4.74 Å². The van der Waals surface area contributed by atoms with Gasteiger partial charge in [-0.25, -0.2) is 0 Å². The van der Waals surface area contributed by atoms with E-state index in [0.717, 1.165) is 47.7 Å². The molecule has 3 rings (SSSR count). The Kier molecular flexibility index (Phi) is 6.07. The van der Waals surface area contributed by atoms with Crippen LogP contribution in [0.15, 0.2) is 53.0 Å². The SMILES string of the molecule is S=C(NC[C@H]1CCCO1)Nc1ccc(Oc2ccc(Br)cc2)cc1. The van der Waals surface area contributed by atoms with E-state index in [1.807, 2.05) is 48.5 Å². The third-order valence-corrected chi connectivity index (χ3v) is 4.45. The van der Waals surface area contributed by atoms with Gasteiger partial charge in [-0.1, -0.05) is 15.9 Å². The molecule has 0 unspecified atom stereocenters. The molecule has 1 saturated heterocycles. The highest BCUT2D eigenvalue weighted by Crippen LogP contribution is 2.24. The van der Waals surface area contributed by atoms with Gasteiger partial charge in [0, 0.05) is 23.3 Å². The van der Waals surface area contributed by atoms with Crippen LogP contribution in [-0.4, -0.2) is 24.4 Å². The number of hydrogen-bond acceptors (Lipinski definition) is 3. The molecule has 1 fully saturated rings. The lowest BCUT2D eigenvalue weighted by atomic mass is 10.2. The Hall–Kier alpha value is -1.63. The predicted octanol–water partition coefficient (Wildman–Crippen LogP) is 4.71. The minimum Gasteiger partial charge on any atom is -0.457 e. The Morgan fingerprint density at radius 1 is 1.12 bits per heavy atom. The van der Waals surface area contributed by atoms with Crippen molar-refractivity contribution in [3.63, 3.8) is 0 Å². The molecule has 1 atom stereocenters. The number of thiocarbonyl (C=S) groups is 1. The average molecular weight is 407 g/mol. The van der Waals surface area contributed by atoms with E-state index in [-0.39, 0.29) is 6.10 Å². The van der Waals surface area contributed by atoms with E-state index in [1.54, 1.807) is 0 Å². The van der Waals surface area contributed by atoms with Crippen molar-refractivity contribution in [2.45, 2.75) is 18.9 Å². The number of rotatable bonds is 5. The van der Waals surface area contributed by atoms with Crippen LogP contribution >= 0.6 is 28.1 Å². The van der Waals surface area contributed by atoms with Gasteiger partial charge < -0.3 is 20.1 Å². The molecular weight excluding hydrogens is 388 g/mol. The van der Waals surface area contributed by atoms with Gasteiger partial charge in [-0.3, -0.25) is 0 Å². The number of halogens is 1. The molecule has 2 aromatic carbocycles. The van der Waals surface area contributed by atoms with Crippen molar-refractivity contribution in [2.75, 3.05) is 18.5 Å². The molecule has 0 bridgehead atoms. The van der Waals surface area contributed by atoms with E-state index in [1.165, 1.54) is 0 Å². The van der Waals surface area contributed by atoms with Crippen LogP contribution in [0.5, 0.6) is 11.5 Å². The van der Waals surface area contributed by atoms with Crippen LogP contribution in [0, 0.1) is 0 Å². The van der Waals surface area contributed by atoms with E-state index in [9.17, 15) is 0 Å². The summed E-state index contributed by atoms with van der Waals surface area (Å²) in [4.78, 5) is 0. The van der Waals surface area contributed by atoms with Crippen molar-refractivity contribution < 1.29 is 9.47 Å². The number of benzene rings is 2. The zero-order chi connectivity index (χ0) is 16.8.